The predicted octanol–water partition coefficient (Wildman–Crippen LogP) is 3.85. The highest BCUT2D eigenvalue weighted by atomic mass is 32.2. The highest BCUT2D eigenvalue weighted by Gasteiger charge is 2.20. The third-order valence-electron chi connectivity index (χ3n) is 4.53. The number of hydrogen-bond donors (Lipinski definition) is 1. The molecule has 0 saturated carbocycles. The van der Waals surface area contributed by atoms with Gasteiger partial charge in [0.25, 0.3) is 0 Å². The summed E-state index contributed by atoms with van der Waals surface area (Å²) in [6.07, 6.45) is 1.95. The van der Waals surface area contributed by atoms with Gasteiger partial charge in [-0.3, -0.25) is 4.79 Å². The van der Waals surface area contributed by atoms with Crippen molar-refractivity contribution in [2.24, 2.45) is 0 Å². The Morgan fingerprint density at radius 2 is 1.84 bits per heavy atom. The van der Waals surface area contributed by atoms with Crippen LogP contribution in [0.25, 0.3) is 0 Å². The van der Waals surface area contributed by atoms with Crippen LogP contribution in [0.2, 0.25) is 0 Å². The molecular weight excluding hydrogens is 338 g/mol. The van der Waals surface area contributed by atoms with Gasteiger partial charge in [-0.25, -0.2) is 0 Å². The van der Waals surface area contributed by atoms with Crippen molar-refractivity contribution in [3.63, 3.8) is 0 Å². The van der Waals surface area contributed by atoms with Crippen molar-refractivity contribution >= 4 is 21.7 Å². The van der Waals surface area contributed by atoms with E-state index < -0.39 is 10.1 Å². The average Bonchev–Trinajstić information content (AvgIpc) is 2.61. The lowest BCUT2D eigenvalue weighted by Gasteiger charge is -2.17. The number of carbonyl (C=O) groups excluding carboxylic acids is 1. The van der Waals surface area contributed by atoms with Gasteiger partial charge in [-0.15, -0.1) is 0 Å². The van der Waals surface area contributed by atoms with Crippen LogP contribution in [-0.2, 0) is 21.3 Å². The van der Waals surface area contributed by atoms with Crippen molar-refractivity contribution in [2.45, 2.75) is 43.9 Å². The van der Waals surface area contributed by atoms with Gasteiger partial charge in [-0.05, 0) is 60.2 Å². The number of carbonyl (C=O) groups is 1. The number of anilines is 1. The highest BCUT2D eigenvalue weighted by molar-refractivity contribution is 7.87. The molecule has 1 aliphatic rings. The van der Waals surface area contributed by atoms with Gasteiger partial charge in [0.2, 0.25) is 5.91 Å². The van der Waals surface area contributed by atoms with Crippen LogP contribution in [0.4, 0.5) is 5.69 Å². The van der Waals surface area contributed by atoms with E-state index in [-0.39, 0.29) is 16.6 Å². The first-order valence-electron chi connectivity index (χ1n) is 8.36. The smallest absolute Gasteiger partial charge is 0.339 e. The Labute approximate surface area is 148 Å². The minimum atomic E-state index is -3.89. The van der Waals surface area contributed by atoms with Crippen LogP contribution >= 0.6 is 0 Å². The van der Waals surface area contributed by atoms with Gasteiger partial charge >= 0.3 is 10.1 Å². The van der Waals surface area contributed by atoms with Crippen LogP contribution in [-0.4, -0.2) is 14.3 Å². The molecule has 0 saturated heterocycles. The molecule has 25 heavy (non-hydrogen) atoms. The molecule has 1 amide bonds. The van der Waals surface area contributed by atoms with Crippen molar-refractivity contribution in [3.05, 3.63) is 53.6 Å². The zero-order chi connectivity index (χ0) is 18.0. The van der Waals surface area contributed by atoms with Crippen LogP contribution < -0.4 is 9.50 Å². The van der Waals surface area contributed by atoms with Crippen LogP contribution in [0.15, 0.2) is 47.4 Å². The molecule has 6 heteroatoms. The van der Waals surface area contributed by atoms with Crippen LogP contribution in [0.3, 0.4) is 0 Å². The first-order valence-corrected chi connectivity index (χ1v) is 9.77. The minimum Gasteiger partial charge on any atom is -0.379 e. The van der Waals surface area contributed by atoms with Gasteiger partial charge < -0.3 is 9.50 Å². The third-order valence-corrected chi connectivity index (χ3v) is 5.79. The lowest BCUT2D eigenvalue weighted by Crippen LogP contribution is -2.19. The summed E-state index contributed by atoms with van der Waals surface area (Å²) in [4.78, 5) is 11.5. The molecule has 1 N–H and O–H groups in total. The Morgan fingerprint density at radius 3 is 2.52 bits per heavy atom. The second kappa shape index (κ2) is 6.88. The Hall–Kier alpha value is -2.34. The number of nitrogens with one attached hydrogen (secondary N) is 1. The fourth-order valence-electron chi connectivity index (χ4n) is 2.79. The first kappa shape index (κ1) is 17.5. The van der Waals surface area contributed by atoms with Crippen molar-refractivity contribution in [2.75, 3.05) is 5.32 Å². The van der Waals surface area contributed by atoms with E-state index in [0.717, 1.165) is 17.5 Å². The van der Waals surface area contributed by atoms with E-state index in [1.54, 1.807) is 30.3 Å². The Morgan fingerprint density at radius 1 is 1.12 bits per heavy atom. The summed E-state index contributed by atoms with van der Waals surface area (Å²) in [5, 5.41) is 2.76. The molecule has 1 aliphatic heterocycles. The molecule has 0 aliphatic carbocycles. The normalized spacial score (nSPS) is 15.2. The van der Waals surface area contributed by atoms with Gasteiger partial charge in [0.1, 0.15) is 10.6 Å². The molecule has 3 rings (SSSR count). The monoisotopic (exact) mass is 359 g/mol. The van der Waals surface area contributed by atoms with Crippen molar-refractivity contribution in [1.29, 1.82) is 0 Å². The van der Waals surface area contributed by atoms with Crippen molar-refractivity contribution < 1.29 is 17.4 Å². The SMILES string of the molecule is CCC(C)c1ccc(S(=O)(=O)Oc2ccc3c(c2)CCC(=O)N3)cc1. The largest absolute Gasteiger partial charge is 0.379 e. The second-order valence-corrected chi connectivity index (χ2v) is 7.83. The maximum atomic E-state index is 12.5. The molecule has 132 valence electrons. The Kier molecular flexibility index (Phi) is 4.81. The lowest BCUT2D eigenvalue weighted by atomic mass is 9.99. The fourth-order valence-corrected chi connectivity index (χ4v) is 3.71. The van der Waals surface area contributed by atoms with E-state index >= 15 is 0 Å². The van der Waals surface area contributed by atoms with Crippen LogP contribution in [0.1, 0.15) is 43.7 Å². The predicted molar refractivity (Wildman–Crippen MR) is 96.4 cm³/mol. The van der Waals surface area contributed by atoms with E-state index in [2.05, 4.69) is 19.2 Å². The summed E-state index contributed by atoms with van der Waals surface area (Å²) in [5.41, 5.74) is 2.68. The summed E-state index contributed by atoms with van der Waals surface area (Å²) in [6.45, 7) is 4.20. The average molecular weight is 359 g/mol. The third kappa shape index (κ3) is 3.85. The number of amides is 1. The van der Waals surface area contributed by atoms with E-state index in [9.17, 15) is 13.2 Å². The molecule has 1 heterocycles. The van der Waals surface area contributed by atoms with Gasteiger partial charge in [-0.2, -0.15) is 8.42 Å². The molecule has 0 fully saturated rings. The van der Waals surface area contributed by atoms with Gasteiger partial charge in [-0.1, -0.05) is 26.0 Å². The first-order chi connectivity index (χ1) is 11.9. The zero-order valence-corrected chi connectivity index (χ0v) is 15.1. The lowest BCUT2D eigenvalue weighted by molar-refractivity contribution is -0.116. The molecule has 0 bridgehead atoms. The highest BCUT2D eigenvalue weighted by Crippen LogP contribution is 2.29. The minimum absolute atomic E-state index is 0.0322. The van der Waals surface area contributed by atoms with Gasteiger partial charge in [0.05, 0.1) is 0 Å². The summed E-state index contributed by atoms with van der Waals surface area (Å²) in [5.74, 6) is 0.601. The standard InChI is InChI=1S/C19H21NO4S/c1-3-13(2)14-4-8-17(9-5-14)25(22,23)24-16-7-10-18-15(12-16)6-11-19(21)20-18/h4-5,7-10,12-13H,3,6,11H2,1-2H3,(H,20,21). The van der Waals surface area contributed by atoms with Crippen molar-refractivity contribution in [3.8, 4) is 5.75 Å². The van der Waals surface area contributed by atoms with E-state index in [1.807, 2.05) is 12.1 Å². The Bertz CT molecular complexity index is 888. The molecule has 2 aromatic rings. The second-order valence-electron chi connectivity index (χ2n) is 6.28. The van der Waals surface area contributed by atoms with E-state index in [1.165, 1.54) is 0 Å². The van der Waals surface area contributed by atoms with Gasteiger partial charge in [0.15, 0.2) is 0 Å². The number of benzene rings is 2. The summed E-state index contributed by atoms with van der Waals surface area (Å²) >= 11 is 0. The summed E-state index contributed by atoms with van der Waals surface area (Å²) < 4.78 is 30.2. The number of hydrogen-bond acceptors (Lipinski definition) is 4. The van der Waals surface area contributed by atoms with Crippen LogP contribution in [0.5, 0.6) is 5.75 Å². The van der Waals surface area contributed by atoms with Gasteiger partial charge in [0, 0.05) is 12.1 Å². The summed E-state index contributed by atoms with van der Waals surface area (Å²) in [7, 11) is -3.89. The number of rotatable bonds is 5. The molecule has 1 atom stereocenters. The molecule has 0 spiro atoms. The summed E-state index contributed by atoms with van der Waals surface area (Å²) in [6, 6.07) is 11.7. The van der Waals surface area contributed by atoms with Crippen molar-refractivity contribution in [1.82, 2.24) is 0 Å². The zero-order valence-electron chi connectivity index (χ0n) is 14.3. The Balaban J connectivity index is 1.81. The molecule has 0 radical (unpaired) electrons. The van der Waals surface area contributed by atoms with E-state index in [0.29, 0.717) is 24.4 Å². The molecule has 1 unspecified atom stereocenters. The number of aryl methyl sites for hydroxylation is 1. The molecule has 5 nitrogen and oxygen atoms in total. The molecule has 2 aromatic carbocycles. The quantitative estimate of drug-likeness (QED) is 0.823. The fraction of sp³-hybridized carbons (Fsp3) is 0.316. The molecular formula is C19H21NO4S. The topological polar surface area (TPSA) is 72.5 Å². The number of fused-ring (bicyclic) bond motifs is 1. The molecule has 0 aromatic heterocycles. The maximum Gasteiger partial charge on any atom is 0.339 e. The maximum absolute atomic E-state index is 12.5. The van der Waals surface area contributed by atoms with E-state index in [4.69, 9.17) is 4.18 Å². The van der Waals surface area contributed by atoms with Crippen LogP contribution in [0, 0.1) is 0 Å².